The molecule has 1 amide bonds. The van der Waals surface area contributed by atoms with Crippen LogP contribution in [0.15, 0.2) is 0 Å². The third-order valence-corrected chi connectivity index (χ3v) is 2.00. The fraction of sp³-hybridized carbons (Fsp3) is 0.900. The maximum absolute atomic E-state index is 10.6. The summed E-state index contributed by atoms with van der Waals surface area (Å²) in [6, 6.07) is 0. The molecule has 3 nitrogen and oxygen atoms in total. The number of aliphatic hydroxyl groups excluding tert-OH is 1. The predicted molar refractivity (Wildman–Crippen MR) is 53.5 cm³/mol. The minimum atomic E-state index is -0.393. The summed E-state index contributed by atoms with van der Waals surface area (Å²) in [6.07, 6.45) is 7.32. The maximum atomic E-state index is 10.6. The van der Waals surface area contributed by atoms with Gasteiger partial charge in [0.05, 0.1) is 0 Å². The molecular formula is C10H21NO2. The van der Waals surface area contributed by atoms with Gasteiger partial charge >= 0.3 is 0 Å². The van der Waals surface area contributed by atoms with Gasteiger partial charge in [-0.05, 0) is 6.42 Å². The molecule has 0 bridgehead atoms. The standard InChI is InChI=1S/C10H21NO2/c1-2-3-4-5-6-7-8-11-10(13)9-12/h12H,2-9H2,1H3,(H,11,13). The Morgan fingerprint density at radius 3 is 2.38 bits per heavy atom. The molecule has 0 fully saturated rings. The SMILES string of the molecule is CCCCCCCCNC(=O)CO. The van der Waals surface area contributed by atoms with Crippen LogP contribution in [0.1, 0.15) is 45.4 Å². The van der Waals surface area contributed by atoms with E-state index in [1.54, 1.807) is 0 Å². The van der Waals surface area contributed by atoms with E-state index in [0.717, 1.165) is 6.42 Å². The highest BCUT2D eigenvalue weighted by Gasteiger charge is 1.95. The van der Waals surface area contributed by atoms with E-state index < -0.39 is 6.61 Å². The average molecular weight is 187 g/mol. The largest absolute Gasteiger partial charge is 0.387 e. The molecule has 0 aliphatic rings. The second-order valence-electron chi connectivity index (χ2n) is 3.28. The number of hydrogen-bond donors (Lipinski definition) is 2. The summed E-state index contributed by atoms with van der Waals surface area (Å²) >= 11 is 0. The molecule has 0 aromatic rings. The van der Waals surface area contributed by atoms with E-state index in [2.05, 4.69) is 12.2 Å². The third kappa shape index (κ3) is 9.34. The number of unbranched alkanes of at least 4 members (excludes halogenated alkanes) is 5. The number of carbonyl (C=O) groups is 1. The zero-order valence-electron chi connectivity index (χ0n) is 8.51. The normalized spacial score (nSPS) is 10.0. The Morgan fingerprint density at radius 2 is 1.77 bits per heavy atom. The van der Waals surface area contributed by atoms with Crippen LogP contribution < -0.4 is 5.32 Å². The molecule has 0 aromatic carbocycles. The number of carbonyl (C=O) groups excluding carboxylic acids is 1. The second kappa shape index (κ2) is 9.52. The van der Waals surface area contributed by atoms with E-state index in [0.29, 0.717) is 6.54 Å². The Kier molecular flexibility index (Phi) is 9.10. The highest BCUT2D eigenvalue weighted by molar-refractivity contribution is 5.76. The van der Waals surface area contributed by atoms with E-state index >= 15 is 0 Å². The van der Waals surface area contributed by atoms with Crippen molar-refractivity contribution in [3.05, 3.63) is 0 Å². The van der Waals surface area contributed by atoms with Crippen LogP contribution in [0.5, 0.6) is 0 Å². The van der Waals surface area contributed by atoms with E-state index in [1.165, 1.54) is 32.1 Å². The molecule has 0 atom stereocenters. The summed E-state index contributed by atoms with van der Waals surface area (Å²) in [5.41, 5.74) is 0. The third-order valence-electron chi connectivity index (χ3n) is 2.00. The maximum Gasteiger partial charge on any atom is 0.245 e. The van der Waals surface area contributed by atoms with Gasteiger partial charge in [-0.25, -0.2) is 0 Å². The van der Waals surface area contributed by atoms with Gasteiger partial charge in [0.15, 0.2) is 0 Å². The fourth-order valence-electron chi connectivity index (χ4n) is 1.19. The van der Waals surface area contributed by atoms with Crippen molar-refractivity contribution in [3.8, 4) is 0 Å². The first-order valence-electron chi connectivity index (χ1n) is 5.18. The van der Waals surface area contributed by atoms with Crippen LogP contribution in [0, 0.1) is 0 Å². The van der Waals surface area contributed by atoms with E-state index in [1.807, 2.05) is 0 Å². The Balaban J connectivity index is 2.95. The lowest BCUT2D eigenvalue weighted by atomic mass is 10.1. The number of nitrogens with one attached hydrogen (secondary N) is 1. The number of aliphatic hydroxyl groups is 1. The quantitative estimate of drug-likeness (QED) is 0.565. The summed E-state index contributed by atoms with van der Waals surface area (Å²) in [5.74, 6) is -0.270. The van der Waals surface area contributed by atoms with Crippen molar-refractivity contribution >= 4 is 5.91 Å². The Hall–Kier alpha value is -0.570. The molecule has 0 heterocycles. The molecule has 0 spiro atoms. The van der Waals surface area contributed by atoms with Crippen LogP contribution in [0.4, 0.5) is 0 Å². The lowest BCUT2D eigenvalue weighted by Crippen LogP contribution is -2.26. The van der Waals surface area contributed by atoms with Crippen LogP contribution in [-0.4, -0.2) is 24.2 Å². The number of rotatable bonds is 8. The molecule has 0 aliphatic carbocycles. The Morgan fingerprint density at radius 1 is 1.15 bits per heavy atom. The van der Waals surface area contributed by atoms with Gasteiger partial charge in [-0.1, -0.05) is 39.0 Å². The van der Waals surface area contributed by atoms with Gasteiger partial charge < -0.3 is 10.4 Å². The topological polar surface area (TPSA) is 49.3 Å². The number of hydrogen-bond acceptors (Lipinski definition) is 2. The van der Waals surface area contributed by atoms with E-state index in [9.17, 15) is 4.79 Å². The summed E-state index contributed by atoms with van der Waals surface area (Å²) in [5, 5.41) is 11.0. The van der Waals surface area contributed by atoms with Crippen molar-refractivity contribution in [3.63, 3.8) is 0 Å². The van der Waals surface area contributed by atoms with Crippen molar-refractivity contribution in [1.29, 1.82) is 0 Å². The van der Waals surface area contributed by atoms with Gasteiger partial charge in [-0.3, -0.25) is 4.79 Å². The first kappa shape index (κ1) is 12.4. The zero-order chi connectivity index (χ0) is 9.94. The molecule has 78 valence electrons. The van der Waals surface area contributed by atoms with Crippen molar-refractivity contribution in [1.82, 2.24) is 5.32 Å². The smallest absolute Gasteiger partial charge is 0.245 e. The summed E-state index contributed by atoms with van der Waals surface area (Å²) < 4.78 is 0. The minimum Gasteiger partial charge on any atom is -0.387 e. The summed E-state index contributed by atoms with van der Waals surface area (Å²) in [4.78, 5) is 10.6. The van der Waals surface area contributed by atoms with Gasteiger partial charge in [-0.15, -0.1) is 0 Å². The molecule has 2 N–H and O–H groups in total. The molecular weight excluding hydrogens is 166 g/mol. The zero-order valence-corrected chi connectivity index (χ0v) is 8.51. The molecule has 0 unspecified atom stereocenters. The van der Waals surface area contributed by atoms with Crippen molar-refractivity contribution < 1.29 is 9.90 Å². The van der Waals surface area contributed by atoms with Gasteiger partial charge in [0.2, 0.25) is 5.91 Å². The van der Waals surface area contributed by atoms with Gasteiger partial charge in [0, 0.05) is 6.54 Å². The summed E-state index contributed by atoms with van der Waals surface area (Å²) in [7, 11) is 0. The lowest BCUT2D eigenvalue weighted by molar-refractivity contribution is -0.123. The molecule has 0 aliphatic heterocycles. The highest BCUT2D eigenvalue weighted by atomic mass is 16.3. The van der Waals surface area contributed by atoms with Gasteiger partial charge in [0.25, 0.3) is 0 Å². The molecule has 0 radical (unpaired) electrons. The molecule has 0 saturated carbocycles. The van der Waals surface area contributed by atoms with E-state index in [-0.39, 0.29) is 5.91 Å². The second-order valence-corrected chi connectivity index (χ2v) is 3.28. The Bertz CT molecular complexity index is 126. The number of amides is 1. The fourth-order valence-corrected chi connectivity index (χ4v) is 1.19. The van der Waals surface area contributed by atoms with Crippen molar-refractivity contribution in [2.75, 3.05) is 13.2 Å². The molecule has 0 rings (SSSR count). The van der Waals surface area contributed by atoms with Crippen LogP contribution in [0.2, 0.25) is 0 Å². The van der Waals surface area contributed by atoms with E-state index in [4.69, 9.17) is 5.11 Å². The predicted octanol–water partition coefficient (Wildman–Crippen LogP) is 1.46. The molecule has 0 aromatic heterocycles. The first-order chi connectivity index (χ1) is 6.31. The summed E-state index contributed by atoms with van der Waals surface area (Å²) in [6.45, 7) is 2.50. The molecule has 0 saturated heterocycles. The first-order valence-corrected chi connectivity index (χ1v) is 5.18. The van der Waals surface area contributed by atoms with Gasteiger partial charge in [-0.2, -0.15) is 0 Å². The van der Waals surface area contributed by atoms with Crippen molar-refractivity contribution in [2.24, 2.45) is 0 Å². The lowest BCUT2D eigenvalue weighted by Gasteiger charge is -2.02. The minimum absolute atomic E-state index is 0.270. The van der Waals surface area contributed by atoms with Crippen molar-refractivity contribution in [2.45, 2.75) is 45.4 Å². The van der Waals surface area contributed by atoms with Crippen LogP contribution in [-0.2, 0) is 4.79 Å². The average Bonchev–Trinajstić information content (AvgIpc) is 2.16. The molecule has 3 heteroatoms. The van der Waals surface area contributed by atoms with Crippen LogP contribution >= 0.6 is 0 Å². The monoisotopic (exact) mass is 187 g/mol. The van der Waals surface area contributed by atoms with Crippen LogP contribution in [0.3, 0.4) is 0 Å². The Labute approximate surface area is 80.5 Å². The van der Waals surface area contributed by atoms with Gasteiger partial charge in [0.1, 0.15) is 6.61 Å². The molecule has 13 heavy (non-hydrogen) atoms. The highest BCUT2D eigenvalue weighted by Crippen LogP contribution is 2.03. The van der Waals surface area contributed by atoms with Crippen LogP contribution in [0.25, 0.3) is 0 Å².